The Morgan fingerprint density at radius 2 is 2.17 bits per heavy atom. The Hall–Kier alpha value is -0.160. The van der Waals surface area contributed by atoms with Crippen LogP contribution in [0.3, 0.4) is 0 Å². The van der Waals surface area contributed by atoms with Crippen molar-refractivity contribution in [2.24, 2.45) is 5.41 Å². The van der Waals surface area contributed by atoms with E-state index in [2.05, 4.69) is 31.1 Å². The summed E-state index contributed by atoms with van der Waals surface area (Å²) in [4.78, 5) is 2.21. The number of aliphatic hydroxyl groups excluding tert-OH is 1. The molecule has 1 aliphatic rings. The third-order valence-electron chi connectivity index (χ3n) is 3.78. The lowest BCUT2D eigenvalue weighted by atomic mass is 9.86. The van der Waals surface area contributed by atoms with Crippen LogP contribution >= 0.6 is 0 Å². The highest BCUT2D eigenvalue weighted by molar-refractivity contribution is 4.86. The number of hydrogen-bond donors (Lipinski definition) is 2. The van der Waals surface area contributed by atoms with Gasteiger partial charge in [0, 0.05) is 32.8 Å². The van der Waals surface area contributed by atoms with Crippen LogP contribution in [0, 0.1) is 5.41 Å². The summed E-state index contributed by atoms with van der Waals surface area (Å²) < 4.78 is 4.96. The van der Waals surface area contributed by atoms with Gasteiger partial charge in [-0.2, -0.15) is 0 Å². The fourth-order valence-corrected chi connectivity index (χ4v) is 2.29. The van der Waals surface area contributed by atoms with E-state index >= 15 is 0 Å². The Balaban J connectivity index is 2.29. The molecule has 108 valence electrons. The van der Waals surface area contributed by atoms with Crippen molar-refractivity contribution in [3.63, 3.8) is 0 Å². The molecule has 0 saturated heterocycles. The summed E-state index contributed by atoms with van der Waals surface area (Å²) in [6, 6.07) is 0.764. The Morgan fingerprint density at radius 3 is 2.67 bits per heavy atom. The lowest BCUT2D eigenvalue weighted by Gasteiger charge is -2.34. The Labute approximate surface area is 112 Å². The molecule has 1 aliphatic carbocycles. The molecule has 0 heterocycles. The average Bonchev–Trinajstić information content (AvgIpc) is 3.10. The van der Waals surface area contributed by atoms with E-state index in [1.165, 1.54) is 12.8 Å². The number of methoxy groups -OCH3 is 1. The first-order valence-corrected chi connectivity index (χ1v) is 7.08. The molecule has 0 aromatic heterocycles. The van der Waals surface area contributed by atoms with Crippen LogP contribution in [-0.2, 0) is 4.74 Å². The van der Waals surface area contributed by atoms with Gasteiger partial charge in [0.15, 0.2) is 0 Å². The van der Waals surface area contributed by atoms with Crippen LogP contribution in [0.15, 0.2) is 0 Å². The minimum absolute atomic E-state index is 0.282. The molecule has 0 aliphatic heterocycles. The molecule has 0 spiro atoms. The maximum atomic E-state index is 9.73. The van der Waals surface area contributed by atoms with Gasteiger partial charge in [0.05, 0.1) is 12.7 Å². The number of hydrogen-bond acceptors (Lipinski definition) is 4. The van der Waals surface area contributed by atoms with Gasteiger partial charge in [0.25, 0.3) is 0 Å². The van der Waals surface area contributed by atoms with Crippen LogP contribution in [-0.4, -0.2) is 62.6 Å². The lowest BCUT2D eigenvalue weighted by Crippen LogP contribution is -2.43. The summed E-state index contributed by atoms with van der Waals surface area (Å²) in [5.41, 5.74) is 0.282. The molecule has 0 radical (unpaired) electrons. The van der Waals surface area contributed by atoms with Gasteiger partial charge in [0.1, 0.15) is 0 Å². The molecule has 4 nitrogen and oxygen atoms in total. The predicted molar refractivity (Wildman–Crippen MR) is 74.8 cm³/mol. The van der Waals surface area contributed by atoms with Gasteiger partial charge in [-0.25, -0.2) is 0 Å². The first kappa shape index (κ1) is 15.9. The maximum Gasteiger partial charge on any atom is 0.0899 e. The average molecular weight is 258 g/mol. The standard InChI is InChI=1S/C14H30N2O2/c1-5-14(2,10-15-12-6-7-12)11-16(3)8-13(17)9-18-4/h12-13,15,17H,5-11H2,1-4H3. The van der Waals surface area contributed by atoms with Crippen LogP contribution in [0.5, 0.6) is 0 Å². The van der Waals surface area contributed by atoms with E-state index in [-0.39, 0.29) is 5.41 Å². The molecule has 0 bridgehead atoms. The van der Waals surface area contributed by atoms with Gasteiger partial charge < -0.3 is 20.1 Å². The first-order valence-electron chi connectivity index (χ1n) is 7.08. The summed E-state index contributed by atoms with van der Waals surface area (Å²) in [5.74, 6) is 0. The topological polar surface area (TPSA) is 44.7 Å². The van der Waals surface area contributed by atoms with Crippen molar-refractivity contribution < 1.29 is 9.84 Å². The maximum absolute atomic E-state index is 9.73. The Kier molecular flexibility index (Phi) is 6.57. The molecule has 1 fully saturated rings. The summed E-state index contributed by atoms with van der Waals surface area (Å²) in [6.07, 6.45) is 3.43. The number of likely N-dealkylation sites (N-methyl/N-ethyl adjacent to an activating group) is 1. The molecule has 2 unspecified atom stereocenters. The van der Waals surface area contributed by atoms with E-state index in [1.54, 1.807) is 7.11 Å². The minimum Gasteiger partial charge on any atom is -0.389 e. The molecule has 1 rings (SSSR count). The van der Waals surface area contributed by atoms with E-state index in [0.717, 1.165) is 25.6 Å². The van der Waals surface area contributed by atoms with E-state index in [0.29, 0.717) is 13.2 Å². The molecule has 0 amide bonds. The molecule has 2 N–H and O–H groups in total. The second-order valence-corrected chi connectivity index (χ2v) is 6.13. The number of nitrogens with one attached hydrogen (secondary N) is 1. The number of nitrogens with zero attached hydrogens (tertiary/aromatic N) is 1. The molecular formula is C14H30N2O2. The fraction of sp³-hybridized carbons (Fsp3) is 1.00. The Morgan fingerprint density at radius 1 is 1.50 bits per heavy atom. The molecule has 2 atom stereocenters. The van der Waals surface area contributed by atoms with E-state index in [9.17, 15) is 5.11 Å². The second-order valence-electron chi connectivity index (χ2n) is 6.13. The monoisotopic (exact) mass is 258 g/mol. The van der Waals surface area contributed by atoms with Crippen molar-refractivity contribution in [2.75, 3.05) is 40.4 Å². The zero-order chi connectivity index (χ0) is 13.6. The second kappa shape index (κ2) is 7.43. The number of ether oxygens (including phenoxy) is 1. The molecule has 0 aromatic carbocycles. The lowest BCUT2D eigenvalue weighted by molar-refractivity contribution is 0.0342. The van der Waals surface area contributed by atoms with Crippen molar-refractivity contribution in [3.05, 3.63) is 0 Å². The van der Waals surface area contributed by atoms with Gasteiger partial charge in [0.2, 0.25) is 0 Å². The third kappa shape index (κ3) is 6.14. The Bertz CT molecular complexity index is 234. The smallest absolute Gasteiger partial charge is 0.0899 e. The van der Waals surface area contributed by atoms with Crippen molar-refractivity contribution >= 4 is 0 Å². The van der Waals surface area contributed by atoms with E-state index < -0.39 is 6.10 Å². The largest absolute Gasteiger partial charge is 0.389 e. The molecule has 0 aromatic rings. The third-order valence-corrected chi connectivity index (χ3v) is 3.78. The highest BCUT2D eigenvalue weighted by Gasteiger charge is 2.28. The fourth-order valence-electron chi connectivity index (χ4n) is 2.29. The van der Waals surface area contributed by atoms with Crippen LogP contribution in [0.25, 0.3) is 0 Å². The van der Waals surface area contributed by atoms with Gasteiger partial charge in [-0.3, -0.25) is 0 Å². The van der Waals surface area contributed by atoms with E-state index in [1.807, 2.05) is 0 Å². The van der Waals surface area contributed by atoms with Crippen molar-refractivity contribution in [2.45, 2.75) is 45.3 Å². The van der Waals surface area contributed by atoms with Gasteiger partial charge in [-0.15, -0.1) is 0 Å². The molecule has 1 saturated carbocycles. The normalized spacial score (nSPS) is 21.0. The zero-order valence-corrected chi connectivity index (χ0v) is 12.4. The highest BCUT2D eigenvalue weighted by atomic mass is 16.5. The van der Waals surface area contributed by atoms with Crippen molar-refractivity contribution in [1.82, 2.24) is 10.2 Å². The van der Waals surface area contributed by atoms with Crippen LogP contribution in [0.1, 0.15) is 33.1 Å². The molecular weight excluding hydrogens is 228 g/mol. The summed E-state index contributed by atoms with van der Waals surface area (Å²) >= 11 is 0. The minimum atomic E-state index is -0.391. The van der Waals surface area contributed by atoms with Crippen LogP contribution < -0.4 is 5.32 Å². The quantitative estimate of drug-likeness (QED) is 0.616. The molecule has 18 heavy (non-hydrogen) atoms. The van der Waals surface area contributed by atoms with Gasteiger partial charge >= 0.3 is 0 Å². The van der Waals surface area contributed by atoms with Crippen LogP contribution in [0.2, 0.25) is 0 Å². The number of rotatable bonds is 10. The zero-order valence-electron chi connectivity index (χ0n) is 12.4. The summed E-state index contributed by atoms with van der Waals surface area (Å²) in [6.45, 7) is 7.72. The SMILES string of the molecule is CCC(C)(CNC1CC1)CN(C)CC(O)COC. The van der Waals surface area contributed by atoms with E-state index in [4.69, 9.17) is 4.74 Å². The highest BCUT2D eigenvalue weighted by Crippen LogP contribution is 2.25. The molecule has 4 heteroatoms. The van der Waals surface area contributed by atoms with Crippen molar-refractivity contribution in [1.29, 1.82) is 0 Å². The van der Waals surface area contributed by atoms with Crippen LogP contribution in [0.4, 0.5) is 0 Å². The van der Waals surface area contributed by atoms with Gasteiger partial charge in [-0.05, 0) is 31.7 Å². The predicted octanol–water partition coefficient (Wildman–Crippen LogP) is 1.09. The summed E-state index contributed by atoms with van der Waals surface area (Å²) in [7, 11) is 3.70. The number of aliphatic hydroxyl groups is 1. The van der Waals surface area contributed by atoms with Gasteiger partial charge in [-0.1, -0.05) is 13.8 Å². The summed E-state index contributed by atoms with van der Waals surface area (Å²) in [5, 5.41) is 13.4. The van der Waals surface area contributed by atoms with Crippen molar-refractivity contribution in [3.8, 4) is 0 Å². The first-order chi connectivity index (χ1) is 8.49.